The number of thioether (sulfide) groups is 1. The fraction of sp³-hybridized carbons (Fsp3) is 0.190. The number of nitrogens with one attached hydrogen (secondary N) is 1. The van der Waals surface area contributed by atoms with Crippen LogP contribution < -0.4 is 10.6 Å². The number of anilines is 1. The molecule has 4 heterocycles. The van der Waals surface area contributed by atoms with E-state index >= 15 is 0 Å². The smallest absolute Gasteiger partial charge is 0.333 e. The summed E-state index contributed by atoms with van der Waals surface area (Å²) in [6, 6.07) is 17.6. The second-order valence-electron chi connectivity index (χ2n) is 6.96. The summed E-state index contributed by atoms with van der Waals surface area (Å²) in [5.41, 5.74) is 2.07. The topological polar surface area (TPSA) is 87.0 Å². The molecule has 0 aliphatic carbocycles. The van der Waals surface area contributed by atoms with Crippen molar-refractivity contribution in [1.82, 2.24) is 19.5 Å². The molecule has 0 radical (unpaired) electrons. The molecule has 1 aromatic carbocycles. The number of H-pyrrole nitrogens is 1. The van der Waals surface area contributed by atoms with Crippen molar-refractivity contribution in [2.45, 2.75) is 17.5 Å². The van der Waals surface area contributed by atoms with Crippen molar-refractivity contribution < 1.29 is 5.11 Å². The lowest BCUT2D eigenvalue weighted by molar-refractivity contribution is 0.204. The van der Waals surface area contributed by atoms with Gasteiger partial charge in [-0.05, 0) is 29.8 Å². The van der Waals surface area contributed by atoms with Crippen molar-refractivity contribution in [2.24, 2.45) is 0 Å². The van der Waals surface area contributed by atoms with E-state index in [4.69, 9.17) is 4.98 Å². The van der Waals surface area contributed by atoms with Gasteiger partial charge in [-0.25, -0.2) is 19.3 Å². The maximum atomic E-state index is 12.6. The summed E-state index contributed by atoms with van der Waals surface area (Å²) < 4.78 is 1.54. The molecule has 29 heavy (non-hydrogen) atoms. The zero-order valence-electron chi connectivity index (χ0n) is 15.5. The Kier molecular flexibility index (Phi) is 4.57. The summed E-state index contributed by atoms with van der Waals surface area (Å²) in [5.74, 6) is 1.91. The minimum atomic E-state index is -0.457. The molecule has 146 valence electrons. The van der Waals surface area contributed by atoms with Gasteiger partial charge in [0, 0.05) is 25.0 Å². The van der Waals surface area contributed by atoms with Crippen LogP contribution in [0.25, 0.3) is 17.0 Å². The summed E-state index contributed by atoms with van der Waals surface area (Å²) in [7, 11) is 0. The van der Waals surface area contributed by atoms with E-state index in [1.165, 1.54) is 4.57 Å². The number of aromatic nitrogens is 4. The second kappa shape index (κ2) is 7.38. The number of rotatable bonds is 3. The number of aromatic amines is 1. The van der Waals surface area contributed by atoms with Crippen molar-refractivity contribution in [3.05, 3.63) is 76.8 Å². The summed E-state index contributed by atoms with van der Waals surface area (Å²) in [4.78, 5) is 27.5. The Morgan fingerprint density at radius 1 is 1.14 bits per heavy atom. The first-order valence-corrected chi connectivity index (χ1v) is 10.3. The molecule has 1 unspecified atom stereocenters. The van der Waals surface area contributed by atoms with Crippen LogP contribution in [0.2, 0.25) is 0 Å². The average Bonchev–Trinajstić information content (AvgIpc) is 2.99. The van der Waals surface area contributed by atoms with Gasteiger partial charge in [0.2, 0.25) is 0 Å². The Balaban J connectivity index is 1.62. The molecule has 1 aliphatic rings. The Bertz CT molecular complexity index is 1220. The predicted octanol–water partition coefficient (Wildman–Crippen LogP) is 2.58. The quantitative estimate of drug-likeness (QED) is 0.545. The lowest BCUT2D eigenvalue weighted by Gasteiger charge is -2.25. The molecule has 4 aromatic rings. The number of imidazole rings is 1. The minimum Gasteiger partial charge on any atom is -0.390 e. The Labute approximate surface area is 171 Å². The fourth-order valence-electron chi connectivity index (χ4n) is 3.58. The molecule has 5 rings (SSSR count). The highest BCUT2D eigenvalue weighted by atomic mass is 32.2. The molecule has 0 amide bonds. The number of β-amino-alcohol motifs (C(OH)–C–C–N with tert-alkyl or cyclic N) is 1. The number of fused-ring (bicyclic) bond motifs is 2. The van der Waals surface area contributed by atoms with Gasteiger partial charge in [0.05, 0.1) is 16.5 Å². The number of hydrogen-bond donors (Lipinski definition) is 2. The van der Waals surface area contributed by atoms with E-state index in [2.05, 4.69) is 27.0 Å². The van der Waals surface area contributed by atoms with E-state index in [9.17, 15) is 9.90 Å². The van der Waals surface area contributed by atoms with Gasteiger partial charge in [-0.2, -0.15) is 0 Å². The third-order valence-electron chi connectivity index (χ3n) is 4.89. The molecule has 0 fully saturated rings. The third-order valence-corrected chi connectivity index (χ3v) is 6.07. The summed E-state index contributed by atoms with van der Waals surface area (Å²) >= 11 is 1.58. The van der Waals surface area contributed by atoms with Crippen molar-refractivity contribution in [3.8, 4) is 5.82 Å². The highest BCUT2D eigenvalue weighted by Gasteiger charge is 2.24. The molecule has 0 saturated heterocycles. The van der Waals surface area contributed by atoms with Crippen LogP contribution >= 0.6 is 11.8 Å². The van der Waals surface area contributed by atoms with Crippen LogP contribution in [0, 0.1) is 0 Å². The van der Waals surface area contributed by atoms with Crippen LogP contribution in [-0.4, -0.2) is 43.0 Å². The number of nitrogens with zero attached hydrogens (tertiary/aromatic N) is 4. The largest absolute Gasteiger partial charge is 0.390 e. The van der Waals surface area contributed by atoms with Gasteiger partial charge in [0.15, 0.2) is 5.65 Å². The van der Waals surface area contributed by atoms with Crippen LogP contribution in [0.15, 0.2) is 70.5 Å². The van der Waals surface area contributed by atoms with Gasteiger partial charge in [-0.15, -0.1) is 11.8 Å². The number of aliphatic hydroxyl groups excluding tert-OH is 1. The standard InChI is InChI=1S/C21H19N5O2S/c27-15-12-25(11-14-5-2-1-3-6-14)20-17(29-13-15)8-9-18(23-20)26-16-7-4-10-22-19(16)24-21(26)28/h1-10,15,27H,11-13H2,(H,22,24,28). The summed E-state index contributed by atoms with van der Waals surface area (Å²) in [6.45, 7) is 1.11. The highest BCUT2D eigenvalue weighted by molar-refractivity contribution is 7.99. The molecule has 0 bridgehead atoms. The second-order valence-corrected chi connectivity index (χ2v) is 8.02. The van der Waals surface area contributed by atoms with Crippen molar-refractivity contribution in [1.29, 1.82) is 0 Å². The van der Waals surface area contributed by atoms with Gasteiger partial charge >= 0.3 is 5.69 Å². The predicted molar refractivity (Wildman–Crippen MR) is 114 cm³/mol. The molecule has 3 aromatic heterocycles. The van der Waals surface area contributed by atoms with Crippen molar-refractivity contribution in [3.63, 3.8) is 0 Å². The zero-order valence-corrected chi connectivity index (χ0v) is 16.3. The van der Waals surface area contributed by atoms with E-state index in [-0.39, 0.29) is 5.69 Å². The fourth-order valence-corrected chi connectivity index (χ4v) is 4.53. The monoisotopic (exact) mass is 405 g/mol. The van der Waals surface area contributed by atoms with Crippen molar-refractivity contribution in [2.75, 3.05) is 17.2 Å². The van der Waals surface area contributed by atoms with E-state index in [1.54, 1.807) is 24.0 Å². The zero-order chi connectivity index (χ0) is 19.8. The van der Waals surface area contributed by atoms with Crippen LogP contribution in [0.4, 0.5) is 5.82 Å². The summed E-state index contributed by atoms with van der Waals surface area (Å²) in [5, 5.41) is 10.4. The van der Waals surface area contributed by atoms with E-state index < -0.39 is 6.10 Å². The van der Waals surface area contributed by atoms with Gasteiger partial charge < -0.3 is 10.0 Å². The SMILES string of the molecule is O=c1[nH]c2ncccc2n1-c1ccc2c(n1)N(Cc1ccccc1)CC(O)CS2. The first-order valence-electron chi connectivity index (χ1n) is 9.36. The molecule has 1 atom stereocenters. The van der Waals surface area contributed by atoms with Crippen molar-refractivity contribution >= 4 is 28.7 Å². The Morgan fingerprint density at radius 3 is 2.86 bits per heavy atom. The lowest BCUT2D eigenvalue weighted by atomic mass is 10.2. The van der Waals surface area contributed by atoms with Gasteiger partial charge in [-0.3, -0.25) is 4.98 Å². The van der Waals surface area contributed by atoms with Gasteiger partial charge in [0.1, 0.15) is 11.6 Å². The number of aliphatic hydroxyl groups is 1. The minimum absolute atomic E-state index is 0.276. The van der Waals surface area contributed by atoms with Crippen LogP contribution in [0.5, 0.6) is 0 Å². The van der Waals surface area contributed by atoms with Crippen LogP contribution in [-0.2, 0) is 6.54 Å². The molecular weight excluding hydrogens is 386 g/mol. The maximum absolute atomic E-state index is 12.6. The summed E-state index contributed by atoms with van der Waals surface area (Å²) in [6.07, 6.45) is 1.19. The van der Waals surface area contributed by atoms with Gasteiger partial charge in [0.25, 0.3) is 0 Å². The first kappa shape index (κ1) is 18.0. The Morgan fingerprint density at radius 2 is 2.00 bits per heavy atom. The molecule has 2 N–H and O–H groups in total. The molecule has 1 aliphatic heterocycles. The van der Waals surface area contributed by atoms with E-state index in [1.807, 2.05) is 36.4 Å². The van der Waals surface area contributed by atoms with Crippen LogP contribution in [0.1, 0.15) is 5.56 Å². The average molecular weight is 405 g/mol. The third kappa shape index (κ3) is 3.41. The Hall–Kier alpha value is -3.10. The van der Waals surface area contributed by atoms with E-state index in [0.717, 1.165) is 16.3 Å². The first-order chi connectivity index (χ1) is 14.2. The number of pyridine rings is 2. The molecule has 7 nitrogen and oxygen atoms in total. The molecular formula is C21H19N5O2S. The number of benzene rings is 1. The lowest BCUT2D eigenvalue weighted by Crippen LogP contribution is -2.32. The van der Waals surface area contributed by atoms with E-state index in [0.29, 0.717) is 35.8 Å². The number of hydrogen-bond acceptors (Lipinski definition) is 6. The van der Waals surface area contributed by atoms with Gasteiger partial charge in [-0.1, -0.05) is 30.3 Å². The normalized spacial score (nSPS) is 16.6. The molecule has 0 saturated carbocycles. The molecule has 0 spiro atoms. The highest BCUT2D eigenvalue weighted by Crippen LogP contribution is 2.34. The maximum Gasteiger partial charge on any atom is 0.333 e. The van der Waals surface area contributed by atoms with Crippen LogP contribution in [0.3, 0.4) is 0 Å². The molecule has 8 heteroatoms.